The first-order chi connectivity index (χ1) is 14.9. The van der Waals surface area contributed by atoms with E-state index in [0.29, 0.717) is 41.8 Å². The minimum absolute atomic E-state index is 0.0197. The SMILES string of the molecule is Cc1nc2ccccc2n1CCNC(=O)C1CCCN(C(=O)c2ccc(Cl)c(Cl)c2)C1. The molecule has 2 aromatic carbocycles. The molecule has 0 radical (unpaired) electrons. The van der Waals surface area contributed by atoms with Crippen molar-refractivity contribution in [3.8, 4) is 0 Å². The number of amides is 2. The van der Waals surface area contributed by atoms with E-state index < -0.39 is 0 Å². The second-order valence-electron chi connectivity index (χ2n) is 7.81. The molecule has 162 valence electrons. The van der Waals surface area contributed by atoms with Crippen LogP contribution in [0.1, 0.15) is 29.0 Å². The highest BCUT2D eigenvalue weighted by Crippen LogP contribution is 2.25. The first-order valence-electron chi connectivity index (χ1n) is 10.4. The number of likely N-dealkylation sites (tertiary alicyclic amines) is 1. The molecule has 1 aromatic heterocycles. The van der Waals surface area contributed by atoms with Crippen LogP contribution >= 0.6 is 23.2 Å². The van der Waals surface area contributed by atoms with Gasteiger partial charge >= 0.3 is 0 Å². The Morgan fingerprint density at radius 3 is 2.77 bits per heavy atom. The fourth-order valence-electron chi connectivity index (χ4n) is 4.10. The van der Waals surface area contributed by atoms with Crippen LogP contribution in [0, 0.1) is 12.8 Å². The standard InChI is InChI=1S/C23H24Cl2N4O2/c1-15-27-20-6-2-3-7-21(20)29(15)12-10-26-22(30)17-5-4-11-28(14-17)23(31)16-8-9-18(24)19(25)13-16/h2-3,6-9,13,17H,4-5,10-12,14H2,1H3,(H,26,30). The zero-order valence-electron chi connectivity index (χ0n) is 17.3. The fraction of sp³-hybridized carbons (Fsp3) is 0.348. The van der Waals surface area contributed by atoms with E-state index in [1.54, 1.807) is 23.1 Å². The van der Waals surface area contributed by atoms with Gasteiger partial charge in [0, 0.05) is 31.7 Å². The highest BCUT2D eigenvalue weighted by molar-refractivity contribution is 6.42. The second-order valence-corrected chi connectivity index (χ2v) is 8.62. The summed E-state index contributed by atoms with van der Waals surface area (Å²) in [7, 11) is 0. The Labute approximate surface area is 191 Å². The molecule has 1 fully saturated rings. The van der Waals surface area contributed by atoms with E-state index in [1.807, 2.05) is 31.2 Å². The highest BCUT2D eigenvalue weighted by Gasteiger charge is 2.29. The number of carbonyl (C=O) groups excluding carboxylic acids is 2. The van der Waals surface area contributed by atoms with E-state index in [2.05, 4.69) is 14.9 Å². The lowest BCUT2D eigenvalue weighted by Crippen LogP contribution is -2.45. The first-order valence-corrected chi connectivity index (χ1v) is 11.1. The van der Waals surface area contributed by atoms with Crippen LogP contribution in [-0.4, -0.2) is 45.9 Å². The predicted molar refractivity (Wildman–Crippen MR) is 123 cm³/mol. The Kier molecular flexibility index (Phi) is 6.49. The molecule has 1 saturated heterocycles. The van der Waals surface area contributed by atoms with Gasteiger partial charge in [0.25, 0.3) is 5.91 Å². The molecule has 0 spiro atoms. The summed E-state index contributed by atoms with van der Waals surface area (Å²) in [5, 5.41) is 3.79. The number of nitrogens with one attached hydrogen (secondary N) is 1. The molecule has 31 heavy (non-hydrogen) atoms. The van der Waals surface area contributed by atoms with E-state index in [1.165, 1.54) is 0 Å². The van der Waals surface area contributed by atoms with Crippen molar-refractivity contribution in [1.29, 1.82) is 0 Å². The van der Waals surface area contributed by atoms with Crippen LogP contribution in [0.2, 0.25) is 10.0 Å². The number of fused-ring (bicyclic) bond motifs is 1. The van der Waals surface area contributed by atoms with Gasteiger partial charge in [0.15, 0.2) is 0 Å². The highest BCUT2D eigenvalue weighted by atomic mass is 35.5. The zero-order valence-corrected chi connectivity index (χ0v) is 18.8. The molecule has 1 N–H and O–H groups in total. The van der Waals surface area contributed by atoms with Crippen molar-refractivity contribution in [2.45, 2.75) is 26.3 Å². The number of piperidine rings is 1. The second kappa shape index (κ2) is 9.28. The zero-order chi connectivity index (χ0) is 22.0. The molecule has 0 bridgehead atoms. The van der Waals surface area contributed by atoms with Crippen LogP contribution in [0.5, 0.6) is 0 Å². The van der Waals surface area contributed by atoms with Crippen molar-refractivity contribution in [2.24, 2.45) is 5.92 Å². The largest absolute Gasteiger partial charge is 0.354 e. The Morgan fingerprint density at radius 1 is 1.16 bits per heavy atom. The summed E-state index contributed by atoms with van der Waals surface area (Å²) < 4.78 is 2.11. The van der Waals surface area contributed by atoms with Crippen LogP contribution in [0.15, 0.2) is 42.5 Å². The molecule has 6 nitrogen and oxygen atoms in total. The van der Waals surface area contributed by atoms with Gasteiger partial charge in [-0.2, -0.15) is 0 Å². The average Bonchev–Trinajstić information content (AvgIpc) is 3.10. The molecular formula is C23H24Cl2N4O2. The lowest BCUT2D eigenvalue weighted by molar-refractivity contribution is -0.126. The van der Waals surface area contributed by atoms with E-state index in [-0.39, 0.29) is 17.7 Å². The fourth-order valence-corrected chi connectivity index (χ4v) is 4.40. The minimum atomic E-state index is -0.221. The first kappa shape index (κ1) is 21.7. The van der Waals surface area contributed by atoms with Crippen molar-refractivity contribution in [1.82, 2.24) is 19.8 Å². The molecular weight excluding hydrogens is 435 g/mol. The third-order valence-electron chi connectivity index (χ3n) is 5.73. The molecule has 0 saturated carbocycles. The molecule has 0 aliphatic carbocycles. The summed E-state index contributed by atoms with van der Waals surface area (Å²) in [5.74, 6) is 0.554. The smallest absolute Gasteiger partial charge is 0.253 e. The van der Waals surface area contributed by atoms with Crippen molar-refractivity contribution in [3.63, 3.8) is 0 Å². The number of aryl methyl sites for hydroxylation is 1. The van der Waals surface area contributed by atoms with Crippen LogP contribution in [0.3, 0.4) is 0 Å². The monoisotopic (exact) mass is 458 g/mol. The number of rotatable bonds is 5. The Hall–Kier alpha value is -2.57. The summed E-state index contributed by atoms with van der Waals surface area (Å²) in [6.45, 7) is 4.16. The van der Waals surface area contributed by atoms with Crippen LogP contribution < -0.4 is 5.32 Å². The van der Waals surface area contributed by atoms with Crippen molar-refractivity contribution >= 4 is 46.0 Å². The number of para-hydroxylation sites is 2. The van der Waals surface area contributed by atoms with Crippen LogP contribution in [0.4, 0.5) is 0 Å². The number of nitrogens with zero attached hydrogens (tertiary/aromatic N) is 3. The molecule has 2 heterocycles. The van der Waals surface area contributed by atoms with E-state index in [0.717, 1.165) is 29.7 Å². The third kappa shape index (κ3) is 4.70. The molecule has 4 rings (SSSR count). The molecule has 8 heteroatoms. The minimum Gasteiger partial charge on any atom is -0.354 e. The van der Waals surface area contributed by atoms with Gasteiger partial charge in [-0.15, -0.1) is 0 Å². The van der Waals surface area contributed by atoms with E-state index >= 15 is 0 Å². The molecule has 2 amide bonds. The van der Waals surface area contributed by atoms with Crippen LogP contribution in [-0.2, 0) is 11.3 Å². The quantitative estimate of drug-likeness (QED) is 0.618. The molecule has 1 atom stereocenters. The number of hydrogen-bond acceptors (Lipinski definition) is 3. The molecule has 1 aliphatic rings. The summed E-state index contributed by atoms with van der Waals surface area (Å²) in [6, 6.07) is 12.8. The van der Waals surface area contributed by atoms with Gasteiger partial charge < -0.3 is 14.8 Å². The maximum atomic E-state index is 12.8. The number of imidazole rings is 1. The number of carbonyl (C=O) groups is 2. The number of hydrogen-bond donors (Lipinski definition) is 1. The van der Waals surface area contributed by atoms with Gasteiger partial charge in [-0.1, -0.05) is 35.3 Å². The van der Waals surface area contributed by atoms with Crippen molar-refractivity contribution < 1.29 is 9.59 Å². The topological polar surface area (TPSA) is 67.2 Å². The van der Waals surface area contributed by atoms with Crippen LogP contribution in [0.25, 0.3) is 11.0 Å². The van der Waals surface area contributed by atoms with Crippen molar-refractivity contribution in [2.75, 3.05) is 19.6 Å². The predicted octanol–water partition coefficient (Wildman–Crippen LogP) is 4.32. The Balaban J connectivity index is 1.35. The number of halogens is 2. The Morgan fingerprint density at radius 2 is 1.97 bits per heavy atom. The van der Waals surface area contributed by atoms with Gasteiger partial charge in [0.1, 0.15) is 5.82 Å². The molecule has 1 unspecified atom stereocenters. The van der Waals surface area contributed by atoms with Gasteiger partial charge in [0.05, 0.1) is 27.0 Å². The lowest BCUT2D eigenvalue weighted by Gasteiger charge is -2.32. The Bertz CT molecular complexity index is 1130. The average molecular weight is 459 g/mol. The van der Waals surface area contributed by atoms with Gasteiger partial charge in [-0.25, -0.2) is 4.98 Å². The summed E-state index contributed by atoms with van der Waals surface area (Å²) in [5.41, 5.74) is 2.50. The molecule has 3 aromatic rings. The van der Waals surface area contributed by atoms with Crippen molar-refractivity contribution in [3.05, 3.63) is 63.9 Å². The van der Waals surface area contributed by atoms with E-state index in [4.69, 9.17) is 23.2 Å². The lowest BCUT2D eigenvalue weighted by atomic mass is 9.96. The van der Waals surface area contributed by atoms with Gasteiger partial charge in [0.2, 0.25) is 5.91 Å². The normalized spacial score (nSPS) is 16.5. The number of benzene rings is 2. The maximum Gasteiger partial charge on any atom is 0.253 e. The molecule has 1 aliphatic heterocycles. The summed E-state index contributed by atoms with van der Waals surface area (Å²) in [6.07, 6.45) is 1.56. The van der Waals surface area contributed by atoms with Gasteiger partial charge in [-0.05, 0) is 50.1 Å². The maximum absolute atomic E-state index is 12.8. The number of aromatic nitrogens is 2. The van der Waals surface area contributed by atoms with E-state index in [9.17, 15) is 9.59 Å². The summed E-state index contributed by atoms with van der Waals surface area (Å²) >= 11 is 12.0. The summed E-state index contributed by atoms with van der Waals surface area (Å²) in [4.78, 5) is 31.9. The third-order valence-corrected chi connectivity index (χ3v) is 6.47. The van der Waals surface area contributed by atoms with Gasteiger partial charge in [-0.3, -0.25) is 9.59 Å².